The van der Waals surface area contributed by atoms with Crippen LogP contribution in [0.25, 0.3) is 0 Å². The normalized spacial score (nSPS) is 21.6. The van der Waals surface area contributed by atoms with Gasteiger partial charge in [-0.1, -0.05) is 19.8 Å². The van der Waals surface area contributed by atoms with Gasteiger partial charge in [-0.25, -0.2) is 8.42 Å². The predicted molar refractivity (Wildman–Crippen MR) is 79.7 cm³/mol. The Morgan fingerprint density at radius 1 is 1.40 bits per heavy atom. The van der Waals surface area contributed by atoms with Crippen LogP contribution in [0.3, 0.4) is 0 Å². The molecule has 2 rings (SSSR count). The first-order chi connectivity index (χ1) is 9.55. The van der Waals surface area contributed by atoms with Gasteiger partial charge in [0.1, 0.15) is 4.90 Å². The summed E-state index contributed by atoms with van der Waals surface area (Å²) >= 11 is 0. The Morgan fingerprint density at radius 2 is 2.20 bits per heavy atom. The van der Waals surface area contributed by atoms with Crippen LogP contribution in [0.1, 0.15) is 39.0 Å². The van der Waals surface area contributed by atoms with Crippen molar-refractivity contribution in [2.75, 3.05) is 18.8 Å². The van der Waals surface area contributed by atoms with E-state index in [2.05, 4.69) is 11.9 Å². The number of nitrogens with two attached hydrogens (primary N) is 1. The Balaban J connectivity index is 2.16. The second-order valence-electron chi connectivity index (χ2n) is 5.40. The zero-order valence-electron chi connectivity index (χ0n) is 12.0. The van der Waals surface area contributed by atoms with Gasteiger partial charge >= 0.3 is 0 Å². The Hall–Kier alpha value is -1.14. The summed E-state index contributed by atoms with van der Waals surface area (Å²) in [5.74, 6) is 0.645. The van der Waals surface area contributed by atoms with Crippen LogP contribution in [-0.2, 0) is 10.0 Å². The van der Waals surface area contributed by atoms with Crippen LogP contribution in [0, 0.1) is 5.92 Å². The maximum atomic E-state index is 12.6. The first-order valence-corrected chi connectivity index (χ1v) is 8.69. The molecule has 0 radical (unpaired) electrons. The van der Waals surface area contributed by atoms with E-state index in [9.17, 15) is 8.42 Å². The molecule has 0 saturated carbocycles. The van der Waals surface area contributed by atoms with Crippen LogP contribution in [0.15, 0.2) is 23.4 Å². The van der Waals surface area contributed by atoms with Gasteiger partial charge in [0.15, 0.2) is 0 Å². The highest BCUT2D eigenvalue weighted by Crippen LogP contribution is 2.27. The summed E-state index contributed by atoms with van der Waals surface area (Å²) in [6, 6.07) is 1.53. The standard InChI is InChI=1S/C14H23N3O2S/c1-2-4-12-5-3-9-17(10-7-12)20(18,19)14-11-16-8-6-13(14)15/h6,8,11-12H,2-5,7,9-10H2,1H3,(H2,15,16). The molecular formula is C14H23N3O2S. The van der Waals surface area contributed by atoms with E-state index < -0.39 is 10.0 Å². The summed E-state index contributed by atoms with van der Waals surface area (Å²) < 4.78 is 26.8. The van der Waals surface area contributed by atoms with Crippen molar-refractivity contribution >= 4 is 15.7 Å². The third kappa shape index (κ3) is 3.30. The molecule has 2 heterocycles. The van der Waals surface area contributed by atoms with Crippen LogP contribution >= 0.6 is 0 Å². The van der Waals surface area contributed by atoms with Crippen LogP contribution in [-0.4, -0.2) is 30.8 Å². The summed E-state index contributed by atoms with van der Waals surface area (Å²) in [5.41, 5.74) is 6.05. The lowest BCUT2D eigenvalue weighted by Crippen LogP contribution is -2.32. The fourth-order valence-corrected chi connectivity index (χ4v) is 4.38. The minimum atomic E-state index is -3.51. The Labute approximate surface area is 121 Å². The molecule has 0 amide bonds. The predicted octanol–water partition coefficient (Wildman–Crippen LogP) is 2.25. The quantitative estimate of drug-likeness (QED) is 0.924. The molecular weight excluding hydrogens is 274 g/mol. The molecule has 0 bridgehead atoms. The van der Waals surface area contributed by atoms with Crippen molar-refractivity contribution in [3.63, 3.8) is 0 Å². The molecule has 2 N–H and O–H groups in total. The molecule has 0 aromatic carbocycles. The molecule has 5 nitrogen and oxygen atoms in total. The van der Waals surface area contributed by atoms with E-state index in [1.54, 1.807) is 4.31 Å². The molecule has 1 saturated heterocycles. The zero-order valence-corrected chi connectivity index (χ0v) is 12.8. The largest absolute Gasteiger partial charge is 0.398 e. The molecule has 6 heteroatoms. The number of sulfonamides is 1. The maximum Gasteiger partial charge on any atom is 0.246 e. The maximum absolute atomic E-state index is 12.6. The summed E-state index contributed by atoms with van der Waals surface area (Å²) in [6.45, 7) is 3.34. The summed E-state index contributed by atoms with van der Waals surface area (Å²) in [4.78, 5) is 4.02. The minimum Gasteiger partial charge on any atom is -0.398 e. The van der Waals surface area contributed by atoms with Crippen molar-refractivity contribution in [2.45, 2.75) is 43.9 Å². The number of hydrogen-bond acceptors (Lipinski definition) is 4. The van der Waals surface area contributed by atoms with Crippen molar-refractivity contribution in [3.8, 4) is 0 Å². The summed E-state index contributed by atoms with van der Waals surface area (Å²) in [5, 5.41) is 0. The molecule has 1 aliphatic rings. The number of aromatic nitrogens is 1. The molecule has 1 atom stereocenters. The van der Waals surface area contributed by atoms with E-state index in [1.165, 1.54) is 24.9 Å². The van der Waals surface area contributed by atoms with Gasteiger partial charge in [0, 0.05) is 25.5 Å². The van der Waals surface area contributed by atoms with E-state index in [4.69, 9.17) is 5.73 Å². The summed E-state index contributed by atoms with van der Waals surface area (Å²) in [7, 11) is -3.51. The molecule has 0 spiro atoms. The van der Waals surface area contributed by atoms with Gasteiger partial charge in [-0.05, 0) is 31.2 Å². The SMILES string of the molecule is CCCC1CCCN(S(=O)(=O)c2cnccc2N)CC1. The van der Waals surface area contributed by atoms with Gasteiger partial charge in [-0.15, -0.1) is 0 Å². The van der Waals surface area contributed by atoms with Crippen molar-refractivity contribution in [3.05, 3.63) is 18.5 Å². The van der Waals surface area contributed by atoms with Gasteiger partial charge in [0.25, 0.3) is 0 Å². The van der Waals surface area contributed by atoms with Crippen molar-refractivity contribution in [1.29, 1.82) is 0 Å². The number of nitrogens with zero attached hydrogens (tertiary/aromatic N) is 2. The molecule has 1 aromatic rings. The third-order valence-corrected chi connectivity index (χ3v) is 5.88. The monoisotopic (exact) mass is 297 g/mol. The topological polar surface area (TPSA) is 76.3 Å². The summed E-state index contributed by atoms with van der Waals surface area (Å²) in [6.07, 6.45) is 8.17. The highest BCUT2D eigenvalue weighted by molar-refractivity contribution is 7.89. The Bertz CT molecular complexity index is 545. The third-order valence-electron chi connectivity index (χ3n) is 3.94. The molecule has 1 aliphatic heterocycles. The van der Waals surface area contributed by atoms with Gasteiger partial charge in [0.2, 0.25) is 10.0 Å². The Kier molecular flexibility index (Phi) is 4.99. The first-order valence-electron chi connectivity index (χ1n) is 7.25. The number of hydrogen-bond donors (Lipinski definition) is 1. The number of anilines is 1. The molecule has 0 aliphatic carbocycles. The average Bonchev–Trinajstić information content (AvgIpc) is 2.65. The molecule has 112 valence electrons. The lowest BCUT2D eigenvalue weighted by Gasteiger charge is -2.20. The number of pyridine rings is 1. The van der Waals surface area contributed by atoms with Crippen LogP contribution in [0.2, 0.25) is 0 Å². The number of rotatable bonds is 4. The van der Waals surface area contributed by atoms with Crippen molar-refractivity contribution < 1.29 is 8.42 Å². The Morgan fingerprint density at radius 3 is 2.90 bits per heavy atom. The average molecular weight is 297 g/mol. The zero-order chi connectivity index (χ0) is 14.6. The van der Waals surface area contributed by atoms with Crippen molar-refractivity contribution in [1.82, 2.24) is 9.29 Å². The van der Waals surface area contributed by atoms with Gasteiger partial charge in [0.05, 0.1) is 5.69 Å². The van der Waals surface area contributed by atoms with Gasteiger partial charge < -0.3 is 5.73 Å². The lowest BCUT2D eigenvalue weighted by molar-refractivity contribution is 0.400. The second kappa shape index (κ2) is 6.54. The van der Waals surface area contributed by atoms with E-state index in [-0.39, 0.29) is 10.6 Å². The highest BCUT2D eigenvalue weighted by atomic mass is 32.2. The van der Waals surface area contributed by atoms with E-state index in [0.29, 0.717) is 19.0 Å². The lowest BCUT2D eigenvalue weighted by atomic mass is 9.96. The van der Waals surface area contributed by atoms with E-state index in [1.807, 2.05) is 0 Å². The van der Waals surface area contributed by atoms with Crippen molar-refractivity contribution in [2.24, 2.45) is 5.92 Å². The van der Waals surface area contributed by atoms with E-state index >= 15 is 0 Å². The smallest absolute Gasteiger partial charge is 0.246 e. The second-order valence-corrected chi connectivity index (χ2v) is 7.31. The highest BCUT2D eigenvalue weighted by Gasteiger charge is 2.28. The fraction of sp³-hybridized carbons (Fsp3) is 0.643. The van der Waals surface area contributed by atoms with Crippen LogP contribution in [0.5, 0.6) is 0 Å². The van der Waals surface area contributed by atoms with Crippen LogP contribution < -0.4 is 5.73 Å². The van der Waals surface area contributed by atoms with E-state index in [0.717, 1.165) is 25.7 Å². The minimum absolute atomic E-state index is 0.133. The first kappa shape index (κ1) is 15.3. The molecule has 1 unspecified atom stereocenters. The molecule has 1 fully saturated rings. The van der Waals surface area contributed by atoms with Crippen LogP contribution in [0.4, 0.5) is 5.69 Å². The number of nitrogen functional groups attached to an aromatic ring is 1. The molecule has 20 heavy (non-hydrogen) atoms. The van der Waals surface area contributed by atoms with Gasteiger partial charge in [-0.2, -0.15) is 4.31 Å². The van der Waals surface area contributed by atoms with Gasteiger partial charge in [-0.3, -0.25) is 4.98 Å². The fourth-order valence-electron chi connectivity index (χ4n) is 2.82. The molecule has 1 aromatic heterocycles.